The molecule has 3 heterocycles. The lowest BCUT2D eigenvalue weighted by atomic mass is 9.93. The Kier molecular flexibility index (Phi) is 8.29. The molecular weight excluding hydrogens is 526 g/mol. The van der Waals surface area contributed by atoms with Crippen LogP contribution in [0.15, 0.2) is 48.5 Å². The third kappa shape index (κ3) is 5.80. The molecule has 0 spiro atoms. The van der Waals surface area contributed by atoms with Crippen molar-refractivity contribution in [1.29, 1.82) is 0 Å². The first-order chi connectivity index (χ1) is 20.5. The zero-order chi connectivity index (χ0) is 29.2. The molecule has 1 saturated carbocycles. The van der Waals surface area contributed by atoms with Gasteiger partial charge in [0.25, 0.3) is 5.91 Å². The Morgan fingerprint density at radius 2 is 1.76 bits per heavy atom. The number of pyridine rings is 1. The number of carbonyl (C=O) groups is 2. The zero-order valence-electron chi connectivity index (χ0n) is 24.8. The van der Waals surface area contributed by atoms with E-state index in [9.17, 15) is 14.7 Å². The lowest BCUT2D eigenvalue weighted by Gasteiger charge is -2.40. The molecule has 3 aliphatic rings. The first kappa shape index (κ1) is 28.4. The normalized spacial score (nSPS) is 17.8. The number of aromatic carboxylic acids is 1. The van der Waals surface area contributed by atoms with Crippen LogP contribution in [-0.4, -0.2) is 64.0 Å². The fourth-order valence-corrected chi connectivity index (χ4v) is 6.70. The van der Waals surface area contributed by atoms with E-state index in [1.165, 1.54) is 35.1 Å². The van der Waals surface area contributed by atoms with Gasteiger partial charge in [0, 0.05) is 44.2 Å². The van der Waals surface area contributed by atoms with Crippen LogP contribution in [0.2, 0.25) is 0 Å². The van der Waals surface area contributed by atoms with Crippen molar-refractivity contribution >= 4 is 11.9 Å². The van der Waals surface area contributed by atoms with Crippen LogP contribution in [0.25, 0.3) is 11.1 Å². The van der Waals surface area contributed by atoms with Crippen molar-refractivity contribution < 1.29 is 19.4 Å². The van der Waals surface area contributed by atoms with E-state index < -0.39 is 5.97 Å². The summed E-state index contributed by atoms with van der Waals surface area (Å²) >= 11 is 0. The number of nitrogens with zero attached hydrogens (tertiary/aromatic N) is 3. The highest BCUT2D eigenvalue weighted by molar-refractivity contribution is 5.99. The highest BCUT2D eigenvalue weighted by Gasteiger charge is 2.35. The van der Waals surface area contributed by atoms with Gasteiger partial charge in [-0.05, 0) is 79.8 Å². The van der Waals surface area contributed by atoms with E-state index in [4.69, 9.17) is 4.74 Å². The molecule has 7 nitrogen and oxygen atoms in total. The van der Waals surface area contributed by atoms with Crippen LogP contribution in [0.1, 0.15) is 95.1 Å². The van der Waals surface area contributed by atoms with Crippen molar-refractivity contribution in [3.63, 3.8) is 0 Å². The summed E-state index contributed by atoms with van der Waals surface area (Å²) in [5, 5.41) is 9.74. The molecule has 220 valence electrons. The largest absolute Gasteiger partial charge is 0.494 e. The number of likely N-dealkylation sites (tertiary alicyclic amines) is 1. The molecule has 0 radical (unpaired) electrons. The fourth-order valence-electron chi connectivity index (χ4n) is 6.70. The number of ether oxygens (including phenoxy) is 1. The van der Waals surface area contributed by atoms with Gasteiger partial charge in [0.1, 0.15) is 5.75 Å². The molecule has 0 atom stereocenters. The van der Waals surface area contributed by atoms with Gasteiger partial charge in [-0.2, -0.15) is 0 Å². The van der Waals surface area contributed by atoms with Gasteiger partial charge < -0.3 is 14.7 Å². The van der Waals surface area contributed by atoms with Crippen LogP contribution in [0.3, 0.4) is 0 Å². The molecule has 42 heavy (non-hydrogen) atoms. The summed E-state index contributed by atoms with van der Waals surface area (Å²) in [6, 6.07) is 17.0. The predicted molar refractivity (Wildman–Crippen MR) is 163 cm³/mol. The van der Waals surface area contributed by atoms with Crippen LogP contribution in [-0.2, 0) is 19.4 Å². The molecule has 3 aromatic rings. The SMILES string of the molecule is CCCc1nc2c(cc1C(=O)O)C(=O)N(C1CCN(Cc3cc(C4CC4)c(-c4ccccc4)cc3OCC)CC1)CC2. The first-order valence-corrected chi connectivity index (χ1v) is 15.6. The Balaban J connectivity index is 1.16. The molecule has 2 aromatic carbocycles. The van der Waals surface area contributed by atoms with Crippen molar-refractivity contribution in [2.75, 3.05) is 26.2 Å². The van der Waals surface area contributed by atoms with Crippen molar-refractivity contribution in [3.8, 4) is 16.9 Å². The van der Waals surface area contributed by atoms with Gasteiger partial charge in [0.05, 0.1) is 29.1 Å². The van der Waals surface area contributed by atoms with Crippen LogP contribution in [0.4, 0.5) is 0 Å². The maximum absolute atomic E-state index is 13.6. The van der Waals surface area contributed by atoms with Crippen LogP contribution < -0.4 is 4.74 Å². The molecule has 1 N–H and O–H groups in total. The Morgan fingerprint density at radius 1 is 1.00 bits per heavy atom. The van der Waals surface area contributed by atoms with E-state index in [2.05, 4.69) is 52.3 Å². The highest BCUT2D eigenvalue weighted by atomic mass is 16.5. The summed E-state index contributed by atoms with van der Waals surface area (Å²) in [4.78, 5) is 34.6. The number of amides is 1. The van der Waals surface area contributed by atoms with E-state index in [1.807, 2.05) is 18.7 Å². The second kappa shape index (κ2) is 12.3. The summed E-state index contributed by atoms with van der Waals surface area (Å²) in [5.74, 6) is 0.509. The second-order valence-corrected chi connectivity index (χ2v) is 11.9. The van der Waals surface area contributed by atoms with Gasteiger partial charge in [-0.3, -0.25) is 14.7 Å². The van der Waals surface area contributed by atoms with Gasteiger partial charge in [-0.25, -0.2) is 4.79 Å². The molecule has 1 aromatic heterocycles. The number of aryl methyl sites for hydroxylation is 1. The molecular formula is C35H41N3O4. The average Bonchev–Trinajstić information content (AvgIpc) is 3.85. The summed E-state index contributed by atoms with van der Waals surface area (Å²) in [6.07, 6.45) is 6.38. The Hall–Kier alpha value is -3.71. The highest BCUT2D eigenvalue weighted by Crippen LogP contribution is 2.46. The van der Waals surface area contributed by atoms with E-state index in [-0.39, 0.29) is 17.5 Å². The number of hydrogen-bond donors (Lipinski definition) is 1. The number of carbonyl (C=O) groups excluding carboxylic acids is 1. The van der Waals surface area contributed by atoms with Crippen molar-refractivity contribution in [2.45, 2.75) is 77.3 Å². The number of fused-ring (bicyclic) bond motifs is 1. The topological polar surface area (TPSA) is 83.0 Å². The first-order valence-electron chi connectivity index (χ1n) is 15.6. The summed E-state index contributed by atoms with van der Waals surface area (Å²) < 4.78 is 6.18. The van der Waals surface area contributed by atoms with Gasteiger partial charge in [-0.1, -0.05) is 43.7 Å². The number of aromatic nitrogens is 1. The number of rotatable bonds is 10. The predicted octanol–water partition coefficient (Wildman–Crippen LogP) is 6.34. The molecule has 1 amide bonds. The van der Waals surface area contributed by atoms with Crippen molar-refractivity contribution in [1.82, 2.24) is 14.8 Å². The summed E-state index contributed by atoms with van der Waals surface area (Å²) in [5.41, 5.74) is 7.17. The molecule has 1 saturated heterocycles. The quantitative estimate of drug-likeness (QED) is 0.308. The van der Waals surface area contributed by atoms with E-state index in [0.29, 0.717) is 43.2 Å². The number of hydrogen-bond acceptors (Lipinski definition) is 5. The third-order valence-corrected chi connectivity index (χ3v) is 9.00. The van der Waals surface area contributed by atoms with E-state index in [1.54, 1.807) is 6.07 Å². The van der Waals surface area contributed by atoms with Crippen LogP contribution in [0, 0.1) is 0 Å². The molecule has 6 rings (SSSR count). The fraction of sp³-hybridized carbons (Fsp3) is 0.457. The lowest BCUT2D eigenvalue weighted by Crippen LogP contribution is -2.50. The monoisotopic (exact) mass is 567 g/mol. The van der Waals surface area contributed by atoms with Crippen molar-refractivity contribution in [3.05, 3.63) is 82.2 Å². The van der Waals surface area contributed by atoms with Gasteiger partial charge in [0.15, 0.2) is 0 Å². The third-order valence-electron chi connectivity index (χ3n) is 9.00. The molecule has 0 bridgehead atoms. The van der Waals surface area contributed by atoms with E-state index in [0.717, 1.165) is 50.3 Å². The summed E-state index contributed by atoms with van der Waals surface area (Å²) in [7, 11) is 0. The summed E-state index contributed by atoms with van der Waals surface area (Å²) in [6.45, 7) is 7.96. The van der Waals surface area contributed by atoms with E-state index >= 15 is 0 Å². The standard InChI is InChI=1S/C35H41N3O4/c1-3-8-31-30(35(40)41)20-29-32(36-31)15-18-38(34(29)39)26-13-16-37(17-14-26)22-25-19-27(24-11-12-24)28(21-33(25)42-4-2)23-9-6-5-7-10-23/h5-7,9-10,19-21,24,26H,3-4,8,11-18,22H2,1-2H3,(H,40,41). The molecule has 2 aliphatic heterocycles. The zero-order valence-corrected chi connectivity index (χ0v) is 24.8. The van der Waals surface area contributed by atoms with Crippen LogP contribution in [0.5, 0.6) is 5.75 Å². The molecule has 0 unspecified atom stereocenters. The Bertz CT molecular complexity index is 1460. The molecule has 1 aliphatic carbocycles. The second-order valence-electron chi connectivity index (χ2n) is 11.9. The van der Waals surface area contributed by atoms with Crippen molar-refractivity contribution in [2.24, 2.45) is 0 Å². The molecule has 7 heteroatoms. The number of piperidine rings is 1. The maximum atomic E-state index is 13.6. The lowest BCUT2D eigenvalue weighted by molar-refractivity contribution is 0.0543. The van der Waals surface area contributed by atoms with Gasteiger partial charge in [0.2, 0.25) is 0 Å². The Labute approximate surface area is 248 Å². The average molecular weight is 568 g/mol. The minimum Gasteiger partial charge on any atom is -0.494 e. The minimum atomic E-state index is -1.01. The van der Waals surface area contributed by atoms with Gasteiger partial charge >= 0.3 is 5.97 Å². The van der Waals surface area contributed by atoms with Crippen LogP contribution >= 0.6 is 0 Å². The number of carboxylic acid groups (broad SMARTS) is 1. The number of carboxylic acids is 1. The minimum absolute atomic E-state index is 0.0723. The Morgan fingerprint density at radius 3 is 2.43 bits per heavy atom. The maximum Gasteiger partial charge on any atom is 0.337 e. The molecule has 2 fully saturated rings. The van der Waals surface area contributed by atoms with Gasteiger partial charge in [-0.15, -0.1) is 0 Å². The smallest absolute Gasteiger partial charge is 0.337 e. The number of benzene rings is 2.